The first-order valence-electron chi connectivity index (χ1n) is 6.09. The normalized spacial score (nSPS) is 11.8. The lowest BCUT2D eigenvalue weighted by atomic mass is 9.85. The molecule has 0 unspecified atom stereocenters. The van der Waals surface area contributed by atoms with Gasteiger partial charge in [0.05, 0.1) is 11.6 Å². The van der Waals surface area contributed by atoms with Crippen molar-refractivity contribution in [1.82, 2.24) is 5.32 Å². The maximum Gasteiger partial charge on any atom is 0.144 e. The van der Waals surface area contributed by atoms with E-state index < -0.39 is 0 Å². The van der Waals surface area contributed by atoms with Gasteiger partial charge >= 0.3 is 0 Å². The Hall–Kier alpha value is -0.640. The van der Waals surface area contributed by atoms with Crippen molar-refractivity contribution in [1.29, 1.82) is 0 Å². The summed E-state index contributed by atoms with van der Waals surface area (Å²) in [6.45, 7) is 6.50. The van der Waals surface area contributed by atoms with E-state index in [0.717, 1.165) is 13.1 Å². The fourth-order valence-electron chi connectivity index (χ4n) is 1.86. The number of ether oxygens (including phenoxy) is 1. The van der Waals surface area contributed by atoms with Crippen LogP contribution in [0.25, 0.3) is 0 Å². The van der Waals surface area contributed by atoms with Crippen molar-refractivity contribution in [2.45, 2.75) is 20.3 Å². The van der Waals surface area contributed by atoms with Gasteiger partial charge < -0.3 is 10.1 Å². The summed E-state index contributed by atoms with van der Waals surface area (Å²) in [7, 11) is 1.67. The molecule has 1 N–H and O–H groups in total. The lowest BCUT2D eigenvalue weighted by molar-refractivity contribution is 0.194. The first-order valence-corrected chi connectivity index (χ1v) is 6.46. The smallest absolute Gasteiger partial charge is 0.144 e. The Bertz CT molecular complexity index is 382. The SMILES string of the molecule is COCCNCC(C)(C)Cc1cccc(Cl)c1F. The van der Waals surface area contributed by atoms with E-state index in [1.165, 1.54) is 0 Å². The number of halogens is 2. The van der Waals surface area contributed by atoms with E-state index in [2.05, 4.69) is 19.2 Å². The molecule has 4 heteroatoms. The third kappa shape index (κ3) is 4.92. The Kier molecular flexibility index (Phi) is 6.06. The van der Waals surface area contributed by atoms with Gasteiger partial charge in [0, 0.05) is 20.2 Å². The zero-order valence-electron chi connectivity index (χ0n) is 11.2. The van der Waals surface area contributed by atoms with Gasteiger partial charge in [0.25, 0.3) is 0 Å². The van der Waals surface area contributed by atoms with Gasteiger partial charge in [0.2, 0.25) is 0 Å². The Labute approximate surface area is 113 Å². The summed E-state index contributed by atoms with van der Waals surface area (Å²) in [6, 6.07) is 5.15. The molecule has 0 bridgehead atoms. The molecular weight excluding hydrogens is 253 g/mol. The first kappa shape index (κ1) is 15.4. The van der Waals surface area contributed by atoms with Crippen LogP contribution in [0.3, 0.4) is 0 Å². The molecule has 0 spiro atoms. The molecule has 0 aliphatic heterocycles. The van der Waals surface area contributed by atoms with E-state index >= 15 is 0 Å². The van der Waals surface area contributed by atoms with Crippen molar-refractivity contribution in [2.75, 3.05) is 26.8 Å². The highest BCUT2D eigenvalue weighted by Crippen LogP contribution is 2.25. The van der Waals surface area contributed by atoms with Crippen molar-refractivity contribution < 1.29 is 9.13 Å². The van der Waals surface area contributed by atoms with Crippen molar-refractivity contribution in [3.8, 4) is 0 Å². The van der Waals surface area contributed by atoms with Crippen molar-refractivity contribution in [3.63, 3.8) is 0 Å². The molecule has 1 aromatic carbocycles. The average Bonchev–Trinajstić information content (AvgIpc) is 2.31. The minimum absolute atomic E-state index is 0.0285. The molecule has 0 aliphatic carbocycles. The van der Waals surface area contributed by atoms with Gasteiger partial charge in [-0.05, 0) is 23.5 Å². The fraction of sp³-hybridized carbons (Fsp3) is 0.571. The van der Waals surface area contributed by atoms with Gasteiger partial charge in [-0.3, -0.25) is 0 Å². The van der Waals surface area contributed by atoms with E-state index in [9.17, 15) is 4.39 Å². The second-order valence-electron chi connectivity index (χ2n) is 5.22. The molecule has 0 aliphatic rings. The van der Waals surface area contributed by atoms with E-state index in [1.54, 1.807) is 25.3 Å². The lowest BCUT2D eigenvalue weighted by Crippen LogP contribution is -2.33. The molecule has 1 rings (SSSR count). The monoisotopic (exact) mass is 273 g/mol. The number of methoxy groups -OCH3 is 1. The largest absolute Gasteiger partial charge is 0.383 e. The number of rotatable bonds is 7. The van der Waals surface area contributed by atoms with Crippen LogP contribution >= 0.6 is 11.6 Å². The third-order valence-electron chi connectivity index (χ3n) is 2.79. The van der Waals surface area contributed by atoms with E-state index in [0.29, 0.717) is 18.6 Å². The molecule has 0 amide bonds. The van der Waals surface area contributed by atoms with Crippen LogP contribution in [0.15, 0.2) is 18.2 Å². The number of benzene rings is 1. The van der Waals surface area contributed by atoms with E-state index in [-0.39, 0.29) is 16.3 Å². The average molecular weight is 274 g/mol. The van der Waals surface area contributed by atoms with Crippen LogP contribution in [0.1, 0.15) is 19.4 Å². The molecule has 102 valence electrons. The highest BCUT2D eigenvalue weighted by Gasteiger charge is 2.20. The molecule has 0 radical (unpaired) electrons. The molecule has 0 saturated heterocycles. The van der Waals surface area contributed by atoms with Crippen molar-refractivity contribution in [2.24, 2.45) is 5.41 Å². The molecule has 0 heterocycles. The topological polar surface area (TPSA) is 21.3 Å². The van der Waals surface area contributed by atoms with Gasteiger partial charge in [-0.25, -0.2) is 4.39 Å². The molecule has 2 nitrogen and oxygen atoms in total. The number of hydrogen-bond acceptors (Lipinski definition) is 2. The summed E-state index contributed by atoms with van der Waals surface area (Å²) in [5.74, 6) is -0.302. The minimum atomic E-state index is -0.302. The Morgan fingerprint density at radius 3 is 2.78 bits per heavy atom. The van der Waals surface area contributed by atoms with Crippen LogP contribution in [0.2, 0.25) is 5.02 Å². The standard InChI is InChI=1S/C14H21ClFNO/c1-14(2,10-17-7-8-18-3)9-11-5-4-6-12(15)13(11)16/h4-6,17H,7-10H2,1-3H3. The van der Waals surface area contributed by atoms with Crippen LogP contribution < -0.4 is 5.32 Å². The molecule has 0 saturated carbocycles. The molecule has 0 atom stereocenters. The third-order valence-corrected chi connectivity index (χ3v) is 3.08. The van der Waals surface area contributed by atoms with Crippen LogP contribution in [0, 0.1) is 11.2 Å². The number of hydrogen-bond donors (Lipinski definition) is 1. The Morgan fingerprint density at radius 2 is 2.11 bits per heavy atom. The van der Waals surface area contributed by atoms with Crippen molar-refractivity contribution >= 4 is 11.6 Å². The maximum atomic E-state index is 13.8. The summed E-state index contributed by atoms with van der Waals surface area (Å²) in [5.41, 5.74) is 0.639. The first-order chi connectivity index (χ1) is 8.46. The Morgan fingerprint density at radius 1 is 1.39 bits per heavy atom. The summed E-state index contributed by atoms with van der Waals surface area (Å²) in [4.78, 5) is 0. The summed E-state index contributed by atoms with van der Waals surface area (Å²) in [5, 5.41) is 3.49. The summed E-state index contributed by atoms with van der Waals surface area (Å²) < 4.78 is 18.8. The van der Waals surface area contributed by atoms with Crippen LogP contribution in [0.5, 0.6) is 0 Å². The zero-order valence-corrected chi connectivity index (χ0v) is 12.0. The molecule has 0 fully saturated rings. The van der Waals surface area contributed by atoms with Gasteiger partial charge in [-0.15, -0.1) is 0 Å². The number of nitrogens with one attached hydrogen (secondary N) is 1. The second kappa shape index (κ2) is 7.07. The van der Waals surface area contributed by atoms with Crippen LogP contribution in [-0.4, -0.2) is 26.8 Å². The van der Waals surface area contributed by atoms with E-state index in [4.69, 9.17) is 16.3 Å². The molecule has 1 aromatic rings. The predicted molar refractivity (Wildman–Crippen MR) is 73.6 cm³/mol. The van der Waals surface area contributed by atoms with Crippen LogP contribution in [-0.2, 0) is 11.2 Å². The Balaban J connectivity index is 2.56. The molecule has 0 aromatic heterocycles. The van der Waals surface area contributed by atoms with Gasteiger partial charge in [0.15, 0.2) is 0 Å². The highest BCUT2D eigenvalue weighted by atomic mass is 35.5. The predicted octanol–water partition coefficient (Wildman–Crippen LogP) is 3.28. The van der Waals surface area contributed by atoms with Gasteiger partial charge in [0.1, 0.15) is 5.82 Å². The van der Waals surface area contributed by atoms with Gasteiger partial charge in [-0.2, -0.15) is 0 Å². The maximum absolute atomic E-state index is 13.8. The molecule has 18 heavy (non-hydrogen) atoms. The second-order valence-corrected chi connectivity index (χ2v) is 5.63. The summed E-state index contributed by atoms with van der Waals surface area (Å²) in [6.07, 6.45) is 0.652. The van der Waals surface area contributed by atoms with Crippen molar-refractivity contribution in [3.05, 3.63) is 34.6 Å². The zero-order chi connectivity index (χ0) is 13.6. The van der Waals surface area contributed by atoms with Gasteiger partial charge in [-0.1, -0.05) is 37.6 Å². The quantitative estimate of drug-likeness (QED) is 0.770. The van der Waals surface area contributed by atoms with E-state index in [1.807, 2.05) is 0 Å². The minimum Gasteiger partial charge on any atom is -0.383 e. The summed E-state index contributed by atoms with van der Waals surface area (Å²) >= 11 is 5.78. The van der Waals surface area contributed by atoms with Crippen LogP contribution in [0.4, 0.5) is 4.39 Å². The molecular formula is C14H21ClFNO. The fourth-order valence-corrected chi connectivity index (χ4v) is 2.06. The lowest BCUT2D eigenvalue weighted by Gasteiger charge is -2.25. The highest BCUT2D eigenvalue weighted by molar-refractivity contribution is 6.30.